The molecule has 4 heterocycles. The Morgan fingerprint density at radius 1 is 0.878 bits per heavy atom. The summed E-state index contributed by atoms with van der Waals surface area (Å²) in [6.07, 6.45) is 16.4. The number of nitrogens with one attached hydrogen (secondary N) is 3. The van der Waals surface area contributed by atoms with Crippen LogP contribution in [-0.4, -0.2) is 148 Å². The number of nitro benzene ring substituents is 1. The van der Waals surface area contributed by atoms with E-state index < -0.39 is 40.9 Å². The zero-order valence-corrected chi connectivity index (χ0v) is 47.6. The Kier molecular flexibility index (Phi) is 30.2. The van der Waals surface area contributed by atoms with E-state index in [1.807, 2.05) is 68.8 Å². The highest BCUT2D eigenvalue weighted by atomic mass is 33.1. The molecule has 0 radical (unpaired) electrons. The van der Waals surface area contributed by atoms with Gasteiger partial charge in [-0.15, -0.1) is 23.5 Å². The van der Waals surface area contributed by atoms with Gasteiger partial charge in [-0.1, -0.05) is 62.1 Å². The Labute approximate surface area is 457 Å². The third kappa shape index (κ3) is 21.7. The van der Waals surface area contributed by atoms with Crippen LogP contribution >= 0.6 is 56.9 Å². The molecule has 6 rings (SSSR count). The SMILES string of the molecule is CCC(C)[C@@H]1NC(=O)C(Cc2ccc(OC)cc2)NC(=O)[C@H](CCCCCSSc2ccccn2)NC(=O)C2CCCN2C1=O.CSCCO.CSc1ccc([N+](=O)[O-])c(C(=O)N(C)C)c1.CSc1ccncc1. The third-order valence-electron chi connectivity index (χ3n) is 11.7. The van der Waals surface area contributed by atoms with Gasteiger partial charge in [0.05, 0.1) is 18.6 Å². The van der Waals surface area contributed by atoms with Crippen molar-refractivity contribution < 1.29 is 38.7 Å². The summed E-state index contributed by atoms with van der Waals surface area (Å²) in [4.78, 5) is 90.1. The average Bonchev–Trinajstić information content (AvgIpc) is 3.92. The van der Waals surface area contributed by atoms with E-state index in [2.05, 4.69) is 32.2 Å². The number of carbonyl (C=O) groups excluding carboxylic acids is 5. The first-order chi connectivity index (χ1) is 35.6. The third-order valence-corrected chi connectivity index (χ3v) is 16.1. The molecule has 0 spiro atoms. The number of carbonyl (C=O) groups is 5. The first kappa shape index (κ1) is 63.3. The van der Waals surface area contributed by atoms with E-state index in [1.165, 1.54) is 27.6 Å². The fraction of sp³-hybridized carbons (Fsp3) is 0.481. The molecule has 4 N–H and O–H groups in total. The largest absolute Gasteiger partial charge is 0.497 e. The number of aromatic nitrogens is 2. The number of nitro groups is 1. The van der Waals surface area contributed by atoms with Crippen molar-refractivity contribution in [3.63, 3.8) is 0 Å². The highest BCUT2D eigenvalue weighted by molar-refractivity contribution is 8.76. The number of thioether (sulfide) groups is 3. The van der Waals surface area contributed by atoms with E-state index >= 15 is 0 Å². The second-order valence-corrected chi connectivity index (χ2v) is 22.3. The zero-order valence-electron chi connectivity index (χ0n) is 43.5. The number of hydrogen-bond acceptors (Lipinski definition) is 16. The summed E-state index contributed by atoms with van der Waals surface area (Å²) < 4.78 is 5.27. The molecule has 0 bridgehead atoms. The van der Waals surface area contributed by atoms with Gasteiger partial charge in [-0.2, -0.15) is 11.8 Å². The standard InChI is InChI=1S/C33H45N5O5S2.C10H12N2O3S.C6H7NS.C3H8OS/c1-4-22(2)29-33(42)38-19-10-12-27(38)32(41)35-25(11-6-5-9-20-44-45-28-13-7-8-18-34-28)30(39)36-26(31(40)37-29)21-23-14-16-24(43-3)17-15-23;1-11(2)10(13)8-6-7(16-3)4-5-9(8)12(14)15;1-8-6-2-4-7-5-3-6;1-5-3-2-4/h7-8,13-18,22,25-27,29H,4-6,9-12,19-21H2,1-3H3,(H,35,41)(H,36,39)(H,37,40);4-6H,1-3H3;2-5H,1H3;4H,2-3H2,1H3/t22?,25-,26?,27?,29-;;;/m0.../s1. The highest BCUT2D eigenvalue weighted by Crippen LogP contribution is 2.30. The lowest BCUT2D eigenvalue weighted by atomic mass is 9.95. The monoisotopic (exact) mass is 1110 g/mol. The van der Waals surface area contributed by atoms with E-state index in [1.54, 1.807) is 114 Å². The van der Waals surface area contributed by atoms with Crippen LogP contribution < -0.4 is 20.7 Å². The number of pyridine rings is 2. The number of ether oxygens (including phenoxy) is 1. The first-order valence-corrected chi connectivity index (χ1v) is 30.4. The predicted octanol–water partition coefficient (Wildman–Crippen LogP) is 8.30. The molecule has 17 nitrogen and oxygen atoms in total. The lowest BCUT2D eigenvalue weighted by Crippen LogP contribution is -2.62. The topological polar surface area (TPSA) is 226 Å². The molecule has 0 aliphatic carbocycles. The van der Waals surface area contributed by atoms with Gasteiger partial charge in [0, 0.05) is 73.0 Å². The molecule has 2 aromatic carbocycles. The normalized spacial score (nSPS) is 17.8. The molecule has 3 unspecified atom stereocenters. The van der Waals surface area contributed by atoms with Crippen molar-refractivity contribution in [2.45, 2.75) is 104 Å². The van der Waals surface area contributed by atoms with Gasteiger partial charge in [-0.25, -0.2) is 4.98 Å². The minimum atomic E-state index is -0.932. The lowest BCUT2D eigenvalue weighted by molar-refractivity contribution is -0.385. The van der Waals surface area contributed by atoms with Crippen LogP contribution in [0.15, 0.2) is 106 Å². The van der Waals surface area contributed by atoms with Gasteiger partial charge in [0.25, 0.3) is 11.6 Å². The highest BCUT2D eigenvalue weighted by Gasteiger charge is 2.42. The maximum Gasteiger partial charge on any atom is 0.282 e. The Morgan fingerprint density at radius 2 is 1.57 bits per heavy atom. The maximum atomic E-state index is 13.8. The van der Waals surface area contributed by atoms with E-state index in [9.17, 15) is 34.1 Å². The summed E-state index contributed by atoms with van der Waals surface area (Å²) in [6.45, 7) is 4.64. The van der Waals surface area contributed by atoms with Gasteiger partial charge in [0.2, 0.25) is 23.6 Å². The van der Waals surface area contributed by atoms with Crippen LogP contribution in [0.5, 0.6) is 5.75 Å². The van der Waals surface area contributed by atoms with Crippen molar-refractivity contribution >= 4 is 92.1 Å². The van der Waals surface area contributed by atoms with E-state index in [0.29, 0.717) is 44.6 Å². The van der Waals surface area contributed by atoms with Crippen LogP contribution in [0.2, 0.25) is 0 Å². The molecule has 2 aromatic heterocycles. The number of amides is 5. The molecule has 74 heavy (non-hydrogen) atoms. The minimum absolute atomic E-state index is 0.127. The number of unbranched alkanes of at least 4 members (excludes halogenated alkanes) is 2. The number of aliphatic hydroxyl groups is 1. The van der Waals surface area contributed by atoms with Crippen LogP contribution in [0.1, 0.15) is 74.7 Å². The molecule has 0 saturated carbocycles. The Balaban J connectivity index is 0.000000401. The van der Waals surface area contributed by atoms with Crippen molar-refractivity contribution in [3.8, 4) is 5.75 Å². The molecule has 2 aliphatic rings. The number of fused-ring (bicyclic) bond motifs is 1. The maximum absolute atomic E-state index is 13.8. The van der Waals surface area contributed by atoms with Crippen molar-refractivity contribution in [3.05, 3.63) is 113 Å². The summed E-state index contributed by atoms with van der Waals surface area (Å²) in [7, 11) is 8.10. The van der Waals surface area contributed by atoms with Crippen molar-refractivity contribution in [2.75, 3.05) is 64.6 Å². The van der Waals surface area contributed by atoms with Crippen molar-refractivity contribution in [2.24, 2.45) is 5.92 Å². The summed E-state index contributed by atoms with van der Waals surface area (Å²) in [5, 5.41) is 28.6. The Bertz CT molecular complexity index is 2340. The lowest BCUT2D eigenvalue weighted by Gasteiger charge is -2.34. The molecule has 4 aromatic rings. The number of nitrogens with zero attached hydrogens (tertiary/aromatic N) is 5. The quantitative estimate of drug-likeness (QED) is 0.0228. The van der Waals surface area contributed by atoms with Gasteiger partial charge in [0.1, 0.15) is 40.5 Å². The number of benzene rings is 2. The van der Waals surface area contributed by atoms with Gasteiger partial charge in [0.15, 0.2) is 0 Å². The number of hydrogen-bond donors (Lipinski definition) is 4. The number of methoxy groups -OCH3 is 1. The van der Waals surface area contributed by atoms with Crippen molar-refractivity contribution in [1.82, 2.24) is 35.7 Å². The van der Waals surface area contributed by atoms with E-state index in [0.717, 1.165) is 46.3 Å². The number of aliphatic hydroxyl groups excluding tert-OH is 1. The summed E-state index contributed by atoms with van der Waals surface area (Å²) in [5.74, 6) is 0.598. The second kappa shape index (κ2) is 35.3. The fourth-order valence-electron chi connectivity index (χ4n) is 7.40. The summed E-state index contributed by atoms with van der Waals surface area (Å²) in [6, 6.07) is 18.5. The first-order valence-electron chi connectivity index (χ1n) is 24.3. The van der Waals surface area contributed by atoms with Gasteiger partial charge < -0.3 is 35.6 Å². The van der Waals surface area contributed by atoms with Crippen LogP contribution in [-0.2, 0) is 25.6 Å². The molecular weight excluding hydrogens is 1040 g/mol. The minimum Gasteiger partial charge on any atom is -0.497 e. The smallest absolute Gasteiger partial charge is 0.282 e. The summed E-state index contributed by atoms with van der Waals surface area (Å²) >= 11 is 4.82. The van der Waals surface area contributed by atoms with Gasteiger partial charge >= 0.3 is 0 Å². The fourth-order valence-corrected chi connectivity index (χ4v) is 10.4. The Hall–Kier alpha value is -5.00. The van der Waals surface area contributed by atoms with Gasteiger partial charge in [-0.05, 0) is 115 Å². The average molecular weight is 1110 g/mol. The molecule has 2 saturated heterocycles. The molecule has 2 aliphatic heterocycles. The molecule has 5 amide bonds. The number of rotatable bonds is 19. The molecule has 2 fully saturated rings. The molecule has 22 heteroatoms. The zero-order chi connectivity index (χ0) is 54.4. The van der Waals surface area contributed by atoms with Crippen LogP contribution in [0, 0.1) is 16.0 Å². The molecular formula is C52H72N8O9S5. The molecule has 5 atom stereocenters. The molecule has 404 valence electrons. The van der Waals surface area contributed by atoms with Crippen LogP contribution in [0.3, 0.4) is 0 Å². The van der Waals surface area contributed by atoms with E-state index in [-0.39, 0.29) is 41.3 Å². The van der Waals surface area contributed by atoms with Crippen LogP contribution in [0.25, 0.3) is 0 Å². The summed E-state index contributed by atoms with van der Waals surface area (Å²) in [5.41, 5.74) is 0.800. The van der Waals surface area contributed by atoms with Gasteiger partial charge in [-0.3, -0.25) is 39.1 Å². The van der Waals surface area contributed by atoms with Crippen LogP contribution in [0.4, 0.5) is 5.69 Å². The Morgan fingerprint density at radius 3 is 2.14 bits per heavy atom. The van der Waals surface area contributed by atoms with Crippen molar-refractivity contribution in [1.29, 1.82) is 0 Å². The second-order valence-electron chi connectivity index (χ2n) is 17.1. The predicted molar refractivity (Wildman–Crippen MR) is 302 cm³/mol. The van der Waals surface area contributed by atoms with E-state index in [4.69, 9.17) is 9.84 Å².